The number of rotatable bonds is 6. The van der Waals surface area contributed by atoms with Gasteiger partial charge in [-0.25, -0.2) is 8.42 Å². The predicted octanol–water partition coefficient (Wildman–Crippen LogP) is 2.94. The number of nitrogens with zero attached hydrogens (tertiary/aromatic N) is 1. The Kier molecular flexibility index (Phi) is 5.17. The smallest absolute Gasteiger partial charge is 0.269 e. The van der Waals surface area contributed by atoms with Gasteiger partial charge < -0.3 is 0 Å². The van der Waals surface area contributed by atoms with Crippen LogP contribution in [0.5, 0.6) is 0 Å². The highest BCUT2D eigenvalue weighted by Crippen LogP contribution is 2.26. The molecular weight excluding hydrogens is 338 g/mol. The SMILES string of the molecule is CSC(C(=O)c1ccc([N+](=O)[O-])cc1)S(=O)(=O)c1ccccc1. The van der Waals surface area contributed by atoms with E-state index in [0.29, 0.717) is 0 Å². The Labute approximate surface area is 137 Å². The van der Waals surface area contributed by atoms with Crippen molar-refractivity contribution in [3.05, 3.63) is 70.3 Å². The number of carbonyl (C=O) groups excluding carboxylic acids is 1. The number of nitro benzene ring substituents is 1. The average Bonchev–Trinajstić information content (AvgIpc) is 2.56. The zero-order chi connectivity index (χ0) is 17.0. The maximum absolute atomic E-state index is 12.6. The fraction of sp³-hybridized carbons (Fsp3) is 0.133. The Bertz CT molecular complexity index is 817. The number of carbonyl (C=O) groups is 1. The van der Waals surface area contributed by atoms with Crippen molar-refractivity contribution in [1.29, 1.82) is 0 Å². The van der Waals surface area contributed by atoms with Gasteiger partial charge in [0.2, 0.25) is 0 Å². The van der Waals surface area contributed by atoms with Crippen molar-refractivity contribution >= 4 is 33.1 Å². The Balaban J connectivity index is 2.37. The Morgan fingerprint density at radius 3 is 2.13 bits per heavy atom. The number of Topliss-reactive ketones (excluding diaryl/α,β-unsaturated/α-hetero) is 1. The van der Waals surface area contributed by atoms with Gasteiger partial charge >= 0.3 is 0 Å². The molecular formula is C15H13NO5S2. The second kappa shape index (κ2) is 6.93. The van der Waals surface area contributed by atoms with Crippen molar-refractivity contribution in [3.63, 3.8) is 0 Å². The number of hydrogen-bond donors (Lipinski definition) is 0. The van der Waals surface area contributed by atoms with Crippen LogP contribution in [0.4, 0.5) is 5.69 Å². The van der Waals surface area contributed by atoms with E-state index in [0.717, 1.165) is 11.8 Å². The number of thioether (sulfide) groups is 1. The lowest BCUT2D eigenvalue weighted by Gasteiger charge is -2.14. The minimum atomic E-state index is -3.85. The highest BCUT2D eigenvalue weighted by molar-refractivity contribution is 8.14. The molecule has 8 heteroatoms. The molecule has 1 unspecified atom stereocenters. The van der Waals surface area contributed by atoms with Gasteiger partial charge in [-0.05, 0) is 30.5 Å². The van der Waals surface area contributed by atoms with E-state index >= 15 is 0 Å². The minimum absolute atomic E-state index is 0.0645. The molecule has 0 aliphatic carbocycles. The van der Waals surface area contributed by atoms with Gasteiger partial charge in [-0.2, -0.15) is 0 Å². The van der Waals surface area contributed by atoms with Crippen LogP contribution in [0.2, 0.25) is 0 Å². The number of benzene rings is 2. The van der Waals surface area contributed by atoms with Crippen LogP contribution in [0.1, 0.15) is 10.4 Å². The van der Waals surface area contributed by atoms with E-state index in [4.69, 9.17) is 0 Å². The molecule has 0 bridgehead atoms. The molecule has 0 heterocycles. The molecule has 0 saturated carbocycles. The van der Waals surface area contributed by atoms with E-state index in [1.807, 2.05) is 0 Å². The molecule has 0 spiro atoms. The first-order valence-corrected chi connectivity index (χ1v) is 9.31. The highest BCUT2D eigenvalue weighted by atomic mass is 32.3. The van der Waals surface area contributed by atoms with Crippen LogP contribution in [0, 0.1) is 10.1 Å². The molecule has 23 heavy (non-hydrogen) atoms. The molecule has 2 aromatic carbocycles. The monoisotopic (exact) mass is 351 g/mol. The lowest BCUT2D eigenvalue weighted by Crippen LogP contribution is -2.27. The molecule has 0 fully saturated rings. The molecule has 0 amide bonds. The number of non-ortho nitro benzene ring substituents is 1. The summed E-state index contributed by atoms with van der Waals surface area (Å²) < 4.78 is 23.9. The Morgan fingerprint density at radius 1 is 1.09 bits per heavy atom. The van der Waals surface area contributed by atoms with Crippen molar-refractivity contribution in [2.24, 2.45) is 0 Å². The molecule has 0 saturated heterocycles. The predicted molar refractivity (Wildman–Crippen MR) is 88.4 cm³/mol. The van der Waals surface area contributed by atoms with Crippen LogP contribution in [0.15, 0.2) is 59.5 Å². The zero-order valence-corrected chi connectivity index (χ0v) is 13.7. The third kappa shape index (κ3) is 3.59. The first-order valence-electron chi connectivity index (χ1n) is 6.48. The average molecular weight is 351 g/mol. The van der Waals surface area contributed by atoms with Crippen LogP contribution >= 0.6 is 11.8 Å². The molecule has 120 valence electrons. The standard InChI is InChI=1S/C15H13NO5S2/c1-22-15(23(20,21)13-5-3-2-4-6-13)14(17)11-7-9-12(10-8-11)16(18)19/h2-10,15H,1H3. The molecule has 1 atom stereocenters. The van der Waals surface area contributed by atoms with Crippen molar-refractivity contribution in [2.75, 3.05) is 6.26 Å². The summed E-state index contributed by atoms with van der Waals surface area (Å²) >= 11 is 0.914. The fourth-order valence-corrected chi connectivity index (χ4v) is 4.89. The van der Waals surface area contributed by atoms with E-state index in [1.165, 1.54) is 42.7 Å². The summed E-state index contributed by atoms with van der Waals surface area (Å²) in [5, 5.41) is 10.6. The van der Waals surface area contributed by atoms with E-state index in [9.17, 15) is 23.3 Å². The van der Waals surface area contributed by atoms with Crippen molar-refractivity contribution in [1.82, 2.24) is 0 Å². The third-order valence-electron chi connectivity index (χ3n) is 3.14. The Morgan fingerprint density at radius 2 is 1.65 bits per heavy atom. The molecule has 0 aliphatic rings. The summed E-state index contributed by atoms with van der Waals surface area (Å²) in [6.45, 7) is 0. The molecule has 2 rings (SSSR count). The first-order chi connectivity index (χ1) is 10.9. The number of sulfone groups is 1. The van der Waals surface area contributed by atoms with E-state index in [1.54, 1.807) is 18.2 Å². The third-order valence-corrected chi connectivity index (χ3v) is 6.83. The second-order valence-corrected chi connectivity index (χ2v) is 7.87. The van der Waals surface area contributed by atoms with E-state index in [2.05, 4.69) is 0 Å². The summed E-state index contributed by atoms with van der Waals surface area (Å²) in [5.41, 5.74) is -0.0392. The number of hydrogen-bond acceptors (Lipinski definition) is 6. The van der Waals surface area contributed by atoms with E-state index in [-0.39, 0.29) is 16.1 Å². The maximum Gasteiger partial charge on any atom is 0.269 e. The minimum Gasteiger partial charge on any atom is -0.292 e. The second-order valence-electron chi connectivity index (χ2n) is 4.59. The van der Waals surface area contributed by atoms with Crippen LogP contribution in [-0.2, 0) is 9.84 Å². The summed E-state index contributed by atoms with van der Waals surface area (Å²) in [6.07, 6.45) is 1.54. The molecule has 2 aromatic rings. The van der Waals surface area contributed by atoms with Gasteiger partial charge in [-0.1, -0.05) is 18.2 Å². The molecule has 0 N–H and O–H groups in total. The van der Waals surface area contributed by atoms with Crippen LogP contribution in [0.25, 0.3) is 0 Å². The quantitative estimate of drug-likeness (QED) is 0.451. The zero-order valence-electron chi connectivity index (χ0n) is 12.1. The van der Waals surface area contributed by atoms with Crippen LogP contribution in [-0.4, -0.2) is 30.0 Å². The van der Waals surface area contributed by atoms with Gasteiger partial charge in [-0.15, -0.1) is 11.8 Å². The summed E-state index contributed by atoms with van der Waals surface area (Å²) in [4.78, 5) is 22.6. The number of nitro groups is 1. The first kappa shape index (κ1) is 17.2. The number of ketones is 1. The normalized spacial score (nSPS) is 12.6. The lowest BCUT2D eigenvalue weighted by atomic mass is 10.1. The Hall–Kier alpha value is -2.19. The van der Waals surface area contributed by atoms with Crippen molar-refractivity contribution < 1.29 is 18.1 Å². The van der Waals surface area contributed by atoms with Crippen LogP contribution in [0.3, 0.4) is 0 Å². The van der Waals surface area contributed by atoms with Gasteiger partial charge in [-0.3, -0.25) is 14.9 Å². The topological polar surface area (TPSA) is 94.3 Å². The highest BCUT2D eigenvalue weighted by Gasteiger charge is 2.34. The summed E-state index contributed by atoms with van der Waals surface area (Å²) in [7, 11) is -3.85. The summed E-state index contributed by atoms with van der Waals surface area (Å²) in [6, 6.07) is 12.6. The molecule has 6 nitrogen and oxygen atoms in total. The fourth-order valence-electron chi connectivity index (χ4n) is 1.99. The largest absolute Gasteiger partial charge is 0.292 e. The van der Waals surface area contributed by atoms with Gasteiger partial charge in [0.05, 0.1) is 9.82 Å². The van der Waals surface area contributed by atoms with Gasteiger partial charge in [0.1, 0.15) is 0 Å². The van der Waals surface area contributed by atoms with Gasteiger partial charge in [0.15, 0.2) is 20.2 Å². The molecule has 0 aromatic heterocycles. The molecule has 0 aliphatic heterocycles. The van der Waals surface area contributed by atoms with E-state index < -0.39 is 25.1 Å². The van der Waals surface area contributed by atoms with Crippen molar-refractivity contribution in [3.8, 4) is 0 Å². The van der Waals surface area contributed by atoms with Gasteiger partial charge in [0, 0.05) is 17.7 Å². The molecule has 0 radical (unpaired) electrons. The lowest BCUT2D eigenvalue weighted by molar-refractivity contribution is -0.384. The van der Waals surface area contributed by atoms with Gasteiger partial charge in [0.25, 0.3) is 5.69 Å². The maximum atomic E-state index is 12.6. The van der Waals surface area contributed by atoms with Crippen molar-refractivity contribution in [2.45, 2.75) is 9.48 Å². The summed E-state index contributed by atoms with van der Waals surface area (Å²) in [5.74, 6) is -0.601. The van der Waals surface area contributed by atoms with Crippen LogP contribution < -0.4 is 0 Å².